The molecule has 0 aliphatic carbocycles. The summed E-state index contributed by atoms with van der Waals surface area (Å²) in [5.41, 5.74) is 0.368. The third kappa shape index (κ3) is 6.35. The molecule has 0 fully saturated rings. The van der Waals surface area contributed by atoms with Crippen LogP contribution in [0.2, 0.25) is 0 Å². The normalized spacial score (nSPS) is 8.81. The fourth-order valence-electron chi connectivity index (χ4n) is 1.75. The van der Waals surface area contributed by atoms with Crippen LogP contribution in [0.1, 0.15) is 34.6 Å². The van der Waals surface area contributed by atoms with Crippen LogP contribution in [-0.4, -0.2) is 44.1 Å². The zero-order chi connectivity index (χ0) is 20.1. The highest BCUT2D eigenvalue weighted by molar-refractivity contribution is 5.84. The molecule has 2 aromatic carbocycles. The number of rotatable bonds is 5. The Labute approximate surface area is 152 Å². The van der Waals surface area contributed by atoms with Crippen LogP contribution in [0.25, 0.3) is 0 Å². The molecule has 0 bridgehead atoms. The molecule has 0 heterocycles. The Bertz CT molecular complexity index is 711. The van der Waals surface area contributed by atoms with E-state index in [2.05, 4.69) is 0 Å². The monoisotopic (exact) mass is 364 g/mol. The Kier molecular flexibility index (Phi) is 10.7. The summed E-state index contributed by atoms with van der Waals surface area (Å²) in [6, 6.07) is 7.36. The maximum absolute atomic E-state index is 10.5. The molecule has 0 saturated heterocycles. The first-order valence-corrected chi connectivity index (χ1v) is 7.73. The highest BCUT2D eigenvalue weighted by Crippen LogP contribution is 2.31. The van der Waals surface area contributed by atoms with E-state index in [4.69, 9.17) is 19.3 Å². The van der Waals surface area contributed by atoms with Crippen molar-refractivity contribution in [3.63, 3.8) is 0 Å². The molecule has 0 aromatic heterocycles. The highest BCUT2D eigenvalue weighted by Gasteiger charge is 2.10. The molecule has 0 unspecified atom stereocenters. The van der Waals surface area contributed by atoms with Crippen molar-refractivity contribution in [2.45, 2.75) is 13.8 Å². The van der Waals surface area contributed by atoms with Gasteiger partial charge in [-0.1, -0.05) is 13.8 Å². The Morgan fingerprint density at radius 1 is 0.769 bits per heavy atom. The molecule has 0 atom stereocenters. The van der Waals surface area contributed by atoms with E-state index in [9.17, 15) is 14.7 Å². The number of carbonyl (C=O) groups excluding carboxylic acids is 2. The van der Waals surface area contributed by atoms with Crippen molar-refractivity contribution in [2.24, 2.45) is 0 Å². The smallest absolute Gasteiger partial charge is 0.157 e. The summed E-state index contributed by atoms with van der Waals surface area (Å²) < 4.78 is 14.6. The minimum absolute atomic E-state index is 0.0270. The molecular weight excluding hydrogens is 340 g/mol. The lowest BCUT2D eigenvalue weighted by molar-refractivity contribution is 0.111. The van der Waals surface area contributed by atoms with Crippen molar-refractivity contribution < 1.29 is 34.0 Å². The van der Waals surface area contributed by atoms with Crippen LogP contribution >= 0.6 is 0 Å². The second-order valence-electron chi connectivity index (χ2n) is 4.42. The van der Waals surface area contributed by atoms with Gasteiger partial charge in [0, 0.05) is 12.1 Å². The van der Waals surface area contributed by atoms with E-state index >= 15 is 0 Å². The van der Waals surface area contributed by atoms with Crippen LogP contribution in [0.3, 0.4) is 0 Å². The van der Waals surface area contributed by atoms with Gasteiger partial charge in [-0.3, -0.25) is 9.59 Å². The predicted molar refractivity (Wildman–Crippen MR) is 98.0 cm³/mol. The second-order valence-corrected chi connectivity index (χ2v) is 4.42. The molecule has 2 N–H and O–H groups in total. The van der Waals surface area contributed by atoms with E-state index in [0.717, 1.165) is 0 Å². The number of hydrogen-bond acceptors (Lipinski definition) is 7. The number of phenolic OH excluding ortho intramolecular Hbond substituents is 2. The van der Waals surface area contributed by atoms with Crippen LogP contribution in [0.4, 0.5) is 0 Å². The molecule has 0 aliphatic rings. The van der Waals surface area contributed by atoms with Gasteiger partial charge in [0.15, 0.2) is 12.6 Å². The Hall–Kier alpha value is -3.22. The van der Waals surface area contributed by atoms with Crippen molar-refractivity contribution in [1.82, 2.24) is 0 Å². The number of ether oxygens (including phenoxy) is 3. The maximum Gasteiger partial charge on any atom is 0.157 e. The second kappa shape index (κ2) is 12.2. The molecule has 0 saturated carbocycles. The summed E-state index contributed by atoms with van der Waals surface area (Å²) in [5.74, 6) is 1.13. The van der Waals surface area contributed by atoms with E-state index in [1.165, 1.54) is 45.6 Å². The van der Waals surface area contributed by atoms with Crippen molar-refractivity contribution in [1.29, 1.82) is 0 Å². The molecule has 7 heteroatoms. The van der Waals surface area contributed by atoms with Crippen LogP contribution < -0.4 is 14.2 Å². The lowest BCUT2D eigenvalue weighted by Crippen LogP contribution is -1.92. The van der Waals surface area contributed by atoms with Gasteiger partial charge >= 0.3 is 0 Å². The molecule has 0 radical (unpaired) electrons. The predicted octanol–water partition coefficient (Wildman–Crippen LogP) is 3.46. The summed E-state index contributed by atoms with van der Waals surface area (Å²) in [7, 11) is 4.39. The van der Waals surface area contributed by atoms with Gasteiger partial charge in [0.05, 0.1) is 32.5 Å². The van der Waals surface area contributed by atoms with Crippen molar-refractivity contribution >= 4 is 12.6 Å². The summed E-state index contributed by atoms with van der Waals surface area (Å²) in [6.45, 7) is 4.00. The molecular formula is C19H24O7. The van der Waals surface area contributed by atoms with E-state index in [0.29, 0.717) is 29.8 Å². The maximum atomic E-state index is 10.5. The van der Waals surface area contributed by atoms with Gasteiger partial charge in [-0.25, -0.2) is 0 Å². The zero-order valence-electron chi connectivity index (χ0n) is 15.5. The first-order valence-electron chi connectivity index (χ1n) is 7.73. The Morgan fingerprint density at radius 3 is 1.85 bits per heavy atom. The fourth-order valence-corrected chi connectivity index (χ4v) is 1.75. The molecule has 0 spiro atoms. The molecule has 26 heavy (non-hydrogen) atoms. The third-order valence-electron chi connectivity index (χ3n) is 3.03. The van der Waals surface area contributed by atoms with Gasteiger partial charge < -0.3 is 24.4 Å². The average Bonchev–Trinajstić information content (AvgIpc) is 2.69. The van der Waals surface area contributed by atoms with Crippen LogP contribution in [0.15, 0.2) is 30.3 Å². The van der Waals surface area contributed by atoms with Crippen LogP contribution in [0.5, 0.6) is 28.7 Å². The highest BCUT2D eigenvalue weighted by atomic mass is 16.5. The van der Waals surface area contributed by atoms with E-state index in [1.807, 2.05) is 13.8 Å². The van der Waals surface area contributed by atoms with Gasteiger partial charge in [0.2, 0.25) is 0 Å². The molecule has 0 aliphatic heterocycles. The fraction of sp³-hybridized carbons (Fsp3) is 0.263. The minimum atomic E-state index is -0.147. The van der Waals surface area contributed by atoms with Crippen molar-refractivity contribution in [2.75, 3.05) is 21.3 Å². The Morgan fingerprint density at radius 2 is 1.38 bits per heavy atom. The van der Waals surface area contributed by atoms with Crippen LogP contribution in [-0.2, 0) is 0 Å². The third-order valence-corrected chi connectivity index (χ3v) is 3.03. The first kappa shape index (κ1) is 22.8. The molecule has 2 rings (SSSR count). The number of methoxy groups -OCH3 is 3. The quantitative estimate of drug-likeness (QED) is 0.783. The molecule has 7 nitrogen and oxygen atoms in total. The lowest BCUT2D eigenvalue weighted by Gasteiger charge is -2.07. The van der Waals surface area contributed by atoms with Gasteiger partial charge in [-0.05, 0) is 18.2 Å². The number of benzene rings is 2. The molecule has 0 amide bonds. The Balaban J connectivity index is 0.000000444. The topological polar surface area (TPSA) is 102 Å². The number of aromatic hydroxyl groups is 2. The van der Waals surface area contributed by atoms with Gasteiger partial charge in [-0.15, -0.1) is 0 Å². The standard InChI is InChI=1S/C9H10O4.C8H8O3.C2H6/c1-12-6-3-8(11)7(5-10)9(4-6)13-2;1-11-7-2-3-8(10)6(4-7)5-9;1-2/h3-5,11H,1-2H3;2-5,10H,1H3;1-2H3. The van der Waals surface area contributed by atoms with Crippen molar-refractivity contribution in [3.05, 3.63) is 41.5 Å². The van der Waals surface area contributed by atoms with Crippen LogP contribution in [0, 0.1) is 0 Å². The molecule has 2 aromatic rings. The van der Waals surface area contributed by atoms with Gasteiger partial charge in [0.25, 0.3) is 0 Å². The number of carbonyl (C=O) groups is 2. The van der Waals surface area contributed by atoms with Gasteiger partial charge in [0.1, 0.15) is 28.7 Å². The SMILES string of the molecule is CC.COc1cc(O)c(C=O)c(OC)c1.COc1ccc(O)c(C=O)c1. The largest absolute Gasteiger partial charge is 0.507 e. The number of aldehydes is 2. The number of phenols is 2. The average molecular weight is 364 g/mol. The van der Waals surface area contributed by atoms with E-state index < -0.39 is 0 Å². The zero-order valence-corrected chi connectivity index (χ0v) is 15.5. The van der Waals surface area contributed by atoms with Gasteiger partial charge in [-0.2, -0.15) is 0 Å². The summed E-state index contributed by atoms with van der Waals surface area (Å²) in [4.78, 5) is 20.8. The van der Waals surface area contributed by atoms with Crippen molar-refractivity contribution in [3.8, 4) is 28.7 Å². The molecule has 142 valence electrons. The van der Waals surface area contributed by atoms with E-state index in [-0.39, 0.29) is 22.6 Å². The summed E-state index contributed by atoms with van der Waals surface area (Å²) in [5, 5.41) is 18.4. The lowest BCUT2D eigenvalue weighted by atomic mass is 10.2. The summed E-state index contributed by atoms with van der Waals surface area (Å²) >= 11 is 0. The summed E-state index contributed by atoms with van der Waals surface area (Å²) in [6.07, 6.45) is 1.12. The minimum Gasteiger partial charge on any atom is -0.507 e. The first-order chi connectivity index (χ1) is 12.5. The van der Waals surface area contributed by atoms with E-state index in [1.54, 1.807) is 6.07 Å². The number of hydrogen-bond donors (Lipinski definition) is 2.